The second-order valence-electron chi connectivity index (χ2n) is 7.97. The first-order valence-electron chi connectivity index (χ1n) is 11.4. The van der Waals surface area contributed by atoms with Crippen LogP contribution < -0.4 is 20.7 Å². The number of carbonyl (C=O) groups excluding carboxylic acids is 1. The molecule has 0 saturated carbocycles. The number of rotatable bonds is 9. The Labute approximate surface area is 213 Å². The van der Waals surface area contributed by atoms with Crippen LogP contribution in [0.25, 0.3) is 10.9 Å². The van der Waals surface area contributed by atoms with E-state index in [4.69, 9.17) is 27.5 Å². The van der Waals surface area contributed by atoms with Gasteiger partial charge in [-0.15, -0.1) is 6.42 Å². The molecule has 1 aromatic heterocycles. The highest BCUT2D eigenvalue weighted by molar-refractivity contribution is 6.31. The lowest BCUT2D eigenvalue weighted by Crippen LogP contribution is -2.18. The molecule has 10 heteroatoms. The third-order valence-corrected chi connectivity index (χ3v) is 5.74. The van der Waals surface area contributed by atoms with Crippen molar-refractivity contribution in [1.82, 2.24) is 15.3 Å². The zero-order valence-corrected chi connectivity index (χ0v) is 20.4. The van der Waals surface area contributed by atoms with E-state index < -0.39 is 5.82 Å². The summed E-state index contributed by atoms with van der Waals surface area (Å²) in [6.07, 6.45) is 10.6. The molecule has 0 radical (unpaired) electrons. The van der Waals surface area contributed by atoms with Crippen molar-refractivity contribution in [2.45, 2.75) is 19.4 Å². The van der Waals surface area contributed by atoms with Gasteiger partial charge in [-0.05, 0) is 24.7 Å². The number of hydrogen-bond acceptors (Lipinski definition) is 7. The fraction of sp³-hybridized carbons (Fsp3) is 0.269. The molecule has 4 rings (SSSR count). The van der Waals surface area contributed by atoms with Crippen molar-refractivity contribution < 1.29 is 18.7 Å². The van der Waals surface area contributed by atoms with Crippen LogP contribution in [0.15, 0.2) is 42.7 Å². The van der Waals surface area contributed by atoms with Crippen LogP contribution in [-0.2, 0) is 9.53 Å². The van der Waals surface area contributed by atoms with Gasteiger partial charge in [-0.1, -0.05) is 30.5 Å². The Bertz CT molecular complexity index is 1340. The average molecular weight is 510 g/mol. The number of nitrogens with zero attached hydrogens (tertiary/aromatic N) is 2. The predicted octanol–water partition coefficient (Wildman–Crippen LogP) is 4.42. The van der Waals surface area contributed by atoms with E-state index >= 15 is 0 Å². The number of nitrogens with one attached hydrogen (secondary N) is 3. The largest absolute Gasteiger partial charge is 0.486 e. The predicted molar refractivity (Wildman–Crippen MR) is 138 cm³/mol. The third-order valence-electron chi connectivity index (χ3n) is 5.42. The Balaban J connectivity index is 1.70. The summed E-state index contributed by atoms with van der Waals surface area (Å²) in [5.74, 6) is 2.27. The number of benzene rings is 2. The van der Waals surface area contributed by atoms with Crippen molar-refractivity contribution in [3.8, 4) is 18.1 Å². The number of ether oxygens (including phenoxy) is 2. The number of fused-ring (bicyclic) bond motifs is 1. The lowest BCUT2D eigenvalue weighted by Gasteiger charge is -2.18. The Morgan fingerprint density at radius 2 is 2.19 bits per heavy atom. The summed E-state index contributed by atoms with van der Waals surface area (Å²) in [6.45, 7) is 4.41. The van der Waals surface area contributed by atoms with Gasteiger partial charge >= 0.3 is 0 Å². The van der Waals surface area contributed by atoms with Crippen LogP contribution in [0, 0.1) is 18.2 Å². The number of carbonyl (C=O) groups is 1. The average Bonchev–Trinajstić information content (AvgIpc) is 3.37. The van der Waals surface area contributed by atoms with Crippen molar-refractivity contribution in [2.24, 2.45) is 0 Å². The first kappa shape index (κ1) is 25.4. The van der Waals surface area contributed by atoms with Gasteiger partial charge in [-0.2, -0.15) is 0 Å². The highest BCUT2D eigenvalue weighted by Crippen LogP contribution is 2.35. The van der Waals surface area contributed by atoms with Crippen molar-refractivity contribution in [3.63, 3.8) is 0 Å². The van der Waals surface area contributed by atoms with E-state index in [0.717, 1.165) is 19.0 Å². The summed E-state index contributed by atoms with van der Waals surface area (Å²) in [5, 5.41) is 9.62. The van der Waals surface area contributed by atoms with Gasteiger partial charge in [-0.25, -0.2) is 14.4 Å². The summed E-state index contributed by atoms with van der Waals surface area (Å²) in [5.41, 5.74) is 1.40. The van der Waals surface area contributed by atoms with Gasteiger partial charge in [0.05, 0.1) is 35.1 Å². The quantitative estimate of drug-likeness (QED) is 0.223. The second-order valence-corrected chi connectivity index (χ2v) is 8.38. The lowest BCUT2D eigenvalue weighted by atomic mass is 10.1. The van der Waals surface area contributed by atoms with Gasteiger partial charge in [-0.3, -0.25) is 4.79 Å². The fourth-order valence-electron chi connectivity index (χ4n) is 3.62. The summed E-state index contributed by atoms with van der Waals surface area (Å²) in [7, 11) is 0. The van der Waals surface area contributed by atoms with E-state index in [1.807, 2.05) is 6.92 Å². The number of aromatic nitrogens is 2. The minimum atomic E-state index is -0.591. The van der Waals surface area contributed by atoms with E-state index in [1.54, 1.807) is 18.2 Å². The molecule has 1 unspecified atom stereocenters. The van der Waals surface area contributed by atoms with Crippen LogP contribution in [0.3, 0.4) is 0 Å². The molecule has 0 spiro atoms. The number of likely N-dealkylation sites (N-methyl/N-ethyl adjacent to an activating group) is 1. The van der Waals surface area contributed by atoms with E-state index in [2.05, 4.69) is 31.8 Å². The molecule has 0 aliphatic carbocycles. The van der Waals surface area contributed by atoms with Crippen molar-refractivity contribution in [2.75, 3.05) is 36.9 Å². The topological polar surface area (TPSA) is 97.4 Å². The number of hydrogen-bond donors (Lipinski definition) is 3. The normalized spacial score (nSPS) is 15.2. The summed E-state index contributed by atoms with van der Waals surface area (Å²) >= 11 is 6.00. The van der Waals surface area contributed by atoms with Gasteiger partial charge in [0.25, 0.3) is 0 Å². The molecule has 1 atom stereocenters. The first-order chi connectivity index (χ1) is 17.5. The molecule has 1 fully saturated rings. The summed E-state index contributed by atoms with van der Waals surface area (Å²) < 4.78 is 26.1. The maximum absolute atomic E-state index is 14.6. The fourth-order valence-corrected chi connectivity index (χ4v) is 3.82. The SMILES string of the molecule is C#Cc1cc(Nc2ncnc3cc(OC4CCOC4)c(NC(=O)/C=C/CNCC)cc23)c(F)cc1Cl. The standard InChI is InChI=1S/C26H25ClFN5O3/c1-3-16-10-22(20(28)12-19(16)27)33-26-18-11-23(32-25(34)6-5-8-29-4-2)24(13-21(18)30-15-31-26)36-17-7-9-35-14-17/h1,5-6,10-13,15,17,29H,4,7-9,14H2,2H3,(H,32,34)(H,30,31,33)/b6-5+. The maximum atomic E-state index is 14.6. The molecule has 1 saturated heterocycles. The minimum Gasteiger partial charge on any atom is -0.486 e. The Morgan fingerprint density at radius 1 is 1.33 bits per heavy atom. The minimum absolute atomic E-state index is 0.104. The molecule has 1 amide bonds. The van der Waals surface area contributed by atoms with Gasteiger partial charge < -0.3 is 25.4 Å². The smallest absolute Gasteiger partial charge is 0.248 e. The highest BCUT2D eigenvalue weighted by Gasteiger charge is 2.21. The van der Waals surface area contributed by atoms with Gasteiger partial charge in [0.1, 0.15) is 29.8 Å². The molecule has 8 nitrogen and oxygen atoms in total. The Hall–Kier alpha value is -3.71. The molecule has 0 bridgehead atoms. The molecule has 3 aromatic rings. The van der Waals surface area contributed by atoms with Crippen molar-refractivity contribution in [3.05, 3.63) is 59.1 Å². The summed E-state index contributed by atoms with van der Waals surface area (Å²) in [4.78, 5) is 21.2. The zero-order valence-electron chi connectivity index (χ0n) is 19.6. The summed E-state index contributed by atoms with van der Waals surface area (Å²) in [6, 6.07) is 5.97. The molecule has 2 aromatic carbocycles. The van der Waals surface area contributed by atoms with E-state index in [0.29, 0.717) is 53.5 Å². The van der Waals surface area contributed by atoms with Gasteiger partial charge in [0.15, 0.2) is 0 Å². The molecule has 1 aliphatic heterocycles. The number of anilines is 3. The molecule has 2 heterocycles. The third kappa shape index (κ3) is 6.10. The van der Waals surface area contributed by atoms with Crippen LogP contribution in [0.4, 0.5) is 21.6 Å². The lowest BCUT2D eigenvalue weighted by molar-refractivity contribution is -0.111. The molecular formula is C26H25ClFN5O3. The first-order valence-corrected chi connectivity index (χ1v) is 11.8. The van der Waals surface area contributed by atoms with Crippen LogP contribution in [-0.4, -0.2) is 48.3 Å². The molecule has 3 N–H and O–H groups in total. The monoisotopic (exact) mass is 509 g/mol. The van der Waals surface area contributed by atoms with Crippen LogP contribution in [0.5, 0.6) is 5.75 Å². The molecular weight excluding hydrogens is 485 g/mol. The van der Waals surface area contributed by atoms with Crippen molar-refractivity contribution in [1.29, 1.82) is 0 Å². The van der Waals surface area contributed by atoms with Crippen LogP contribution >= 0.6 is 11.6 Å². The number of halogens is 2. The molecule has 1 aliphatic rings. The van der Waals surface area contributed by atoms with E-state index in [9.17, 15) is 9.18 Å². The van der Waals surface area contributed by atoms with E-state index in [1.165, 1.54) is 18.5 Å². The molecule has 36 heavy (non-hydrogen) atoms. The van der Waals surface area contributed by atoms with E-state index in [-0.39, 0.29) is 22.7 Å². The highest BCUT2D eigenvalue weighted by atomic mass is 35.5. The Morgan fingerprint density at radius 3 is 2.94 bits per heavy atom. The van der Waals surface area contributed by atoms with Crippen LogP contribution in [0.1, 0.15) is 18.9 Å². The van der Waals surface area contributed by atoms with Crippen LogP contribution in [0.2, 0.25) is 5.02 Å². The maximum Gasteiger partial charge on any atom is 0.248 e. The Kier molecular flexibility index (Phi) is 8.33. The zero-order chi connectivity index (χ0) is 25.5. The van der Waals surface area contributed by atoms with Gasteiger partial charge in [0.2, 0.25) is 5.91 Å². The molecule has 186 valence electrons. The van der Waals surface area contributed by atoms with Crippen molar-refractivity contribution >= 4 is 45.6 Å². The number of amides is 1. The second kappa shape index (κ2) is 11.8. The van der Waals surface area contributed by atoms with Gasteiger partial charge in [0, 0.05) is 36.1 Å². The number of terminal acetylenes is 1.